The molecule has 2 aromatic carbocycles. The molecule has 0 aliphatic carbocycles. The van der Waals surface area contributed by atoms with E-state index in [1.807, 2.05) is 24.3 Å². The molecule has 4 aromatic rings. The monoisotopic (exact) mass is 480 g/mol. The minimum Gasteiger partial charge on any atom is -0.480 e. The molecule has 0 unspecified atom stereocenters. The minimum atomic E-state index is -4.08. The van der Waals surface area contributed by atoms with Gasteiger partial charge in [0.2, 0.25) is 0 Å². The molecule has 2 N–H and O–H groups in total. The van der Waals surface area contributed by atoms with Gasteiger partial charge in [-0.1, -0.05) is 30.0 Å². The summed E-state index contributed by atoms with van der Waals surface area (Å²) < 4.78 is 40.8. The van der Waals surface area contributed by atoms with Crippen LogP contribution in [0.3, 0.4) is 0 Å². The highest BCUT2D eigenvalue weighted by atomic mass is 32.2. The van der Waals surface area contributed by atoms with E-state index in [1.165, 1.54) is 30.3 Å². The number of hydrogen-bond acceptors (Lipinski definition) is 5. The van der Waals surface area contributed by atoms with Gasteiger partial charge in [-0.05, 0) is 54.1 Å². The Morgan fingerprint density at radius 1 is 1.09 bits per heavy atom. The summed E-state index contributed by atoms with van der Waals surface area (Å²) in [5.74, 6) is 4.01. The number of halogens is 1. The van der Waals surface area contributed by atoms with Crippen LogP contribution in [0.2, 0.25) is 0 Å². The molecular formula is C24H17FN2O4S2. The molecule has 33 heavy (non-hydrogen) atoms. The number of carboxylic acids is 1. The summed E-state index contributed by atoms with van der Waals surface area (Å²) in [5.41, 5.74) is 1.95. The van der Waals surface area contributed by atoms with Crippen molar-refractivity contribution in [1.29, 1.82) is 0 Å². The number of fused-ring (bicyclic) bond motifs is 1. The second-order valence-electron chi connectivity index (χ2n) is 7.13. The van der Waals surface area contributed by atoms with Gasteiger partial charge in [0, 0.05) is 23.6 Å². The number of aliphatic carboxylic acids is 1. The molecular weight excluding hydrogens is 463 g/mol. The summed E-state index contributed by atoms with van der Waals surface area (Å²) in [4.78, 5) is 16.5. The summed E-state index contributed by atoms with van der Waals surface area (Å²) in [6.45, 7) is 0. The molecule has 0 saturated heterocycles. The molecule has 0 amide bonds. The van der Waals surface area contributed by atoms with E-state index in [-0.39, 0.29) is 16.4 Å². The van der Waals surface area contributed by atoms with Gasteiger partial charge in [-0.3, -0.25) is 9.78 Å². The second-order valence-corrected chi connectivity index (χ2v) is 10.2. The van der Waals surface area contributed by atoms with E-state index in [4.69, 9.17) is 0 Å². The Kier molecular flexibility index (Phi) is 6.51. The summed E-state index contributed by atoms with van der Waals surface area (Å²) >= 11 is 0.921. The van der Waals surface area contributed by atoms with Gasteiger partial charge in [0.15, 0.2) is 0 Å². The Morgan fingerprint density at radius 2 is 1.85 bits per heavy atom. The van der Waals surface area contributed by atoms with E-state index in [9.17, 15) is 22.7 Å². The van der Waals surface area contributed by atoms with Crippen LogP contribution in [0.15, 0.2) is 77.1 Å². The lowest BCUT2D eigenvalue weighted by molar-refractivity contribution is -0.138. The van der Waals surface area contributed by atoms with Crippen LogP contribution in [0.25, 0.3) is 10.9 Å². The van der Waals surface area contributed by atoms with Crippen LogP contribution >= 0.6 is 11.3 Å². The number of carboxylic acid groups (broad SMARTS) is 1. The summed E-state index contributed by atoms with van der Waals surface area (Å²) in [7, 11) is -4.08. The molecule has 6 nitrogen and oxygen atoms in total. The van der Waals surface area contributed by atoms with Crippen molar-refractivity contribution >= 4 is 38.2 Å². The number of carbonyl (C=O) groups is 1. The lowest BCUT2D eigenvalue weighted by atomic mass is 10.1. The predicted molar refractivity (Wildman–Crippen MR) is 124 cm³/mol. The maximum absolute atomic E-state index is 13.0. The molecule has 0 aliphatic heterocycles. The van der Waals surface area contributed by atoms with Gasteiger partial charge in [-0.25, -0.2) is 12.8 Å². The van der Waals surface area contributed by atoms with Crippen molar-refractivity contribution < 1.29 is 22.7 Å². The number of thiophene rings is 1. The van der Waals surface area contributed by atoms with Gasteiger partial charge in [0.1, 0.15) is 16.1 Å². The summed E-state index contributed by atoms with van der Waals surface area (Å²) in [5, 5.41) is 10.4. The first-order valence-electron chi connectivity index (χ1n) is 9.76. The smallest absolute Gasteiger partial charge is 0.322 e. The molecule has 0 saturated carbocycles. The highest BCUT2D eigenvalue weighted by Gasteiger charge is 2.27. The van der Waals surface area contributed by atoms with E-state index < -0.39 is 22.0 Å². The minimum absolute atomic E-state index is 0.0474. The highest BCUT2D eigenvalue weighted by Crippen LogP contribution is 2.22. The molecule has 0 spiro atoms. The van der Waals surface area contributed by atoms with Crippen LogP contribution in [-0.4, -0.2) is 30.5 Å². The number of para-hydroxylation sites is 1. The van der Waals surface area contributed by atoms with Gasteiger partial charge in [-0.15, -0.1) is 11.3 Å². The fraction of sp³-hybridized carbons (Fsp3) is 0.0833. The molecule has 1 atom stereocenters. The van der Waals surface area contributed by atoms with Crippen molar-refractivity contribution in [2.24, 2.45) is 0 Å². The number of nitrogens with one attached hydrogen (secondary N) is 1. The average Bonchev–Trinajstić information content (AvgIpc) is 3.28. The topological polar surface area (TPSA) is 96.4 Å². The van der Waals surface area contributed by atoms with Crippen LogP contribution in [-0.2, 0) is 21.2 Å². The Morgan fingerprint density at radius 3 is 2.61 bits per heavy atom. The Bertz CT molecular complexity index is 1490. The van der Waals surface area contributed by atoms with E-state index in [2.05, 4.69) is 21.5 Å². The van der Waals surface area contributed by atoms with Crippen molar-refractivity contribution in [3.63, 3.8) is 0 Å². The fourth-order valence-corrected chi connectivity index (χ4v) is 5.45. The third kappa shape index (κ3) is 5.62. The Labute approximate surface area is 193 Å². The lowest BCUT2D eigenvalue weighted by Gasteiger charge is -2.14. The lowest BCUT2D eigenvalue weighted by Crippen LogP contribution is -2.42. The molecule has 2 aromatic heterocycles. The van der Waals surface area contributed by atoms with Crippen molar-refractivity contribution in [3.8, 4) is 11.8 Å². The molecule has 0 bridgehead atoms. The number of sulfonamides is 1. The zero-order valence-electron chi connectivity index (χ0n) is 17.0. The molecule has 0 fully saturated rings. The molecule has 4 rings (SSSR count). The van der Waals surface area contributed by atoms with Crippen LogP contribution in [0.4, 0.5) is 4.39 Å². The second kappa shape index (κ2) is 9.50. The van der Waals surface area contributed by atoms with Gasteiger partial charge in [0.25, 0.3) is 10.0 Å². The molecule has 0 aliphatic rings. The van der Waals surface area contributed by atoms with Crippen LogP contribution < -0.4 is 4.72 Å². The normalized spacial score (nSPS) is 12.2. The average molecular weight is 481 g/mol. The zero-order chi connectivity index (χ0) is 23.4. The van der Waals surface area contributed by atoms with Crippen LogP contribution in [0.1, 0.15) is 16.0 Å². The van der Waals surface area contributed by atoms with Gasteiger partial charge < -0.3 is 5.11 Å². The Hall–Kier alpha value is -3.58. The van der Waals surface area contributed by atoms with Gasteiger partial charge in [-0.2, -0.15) is 4.72 Å². The van der Waals surface area contributed by atoms with E-state index >= 15 is 0 Å². The maximum atomic E-state index is 13.0. The summed E-state index contributed by atoms with van der Waals surface area (Å²) in [6.07, 6.45) is 1.48. The molecule has 9 heteroatoms. The number of benzene rings is 2. The number of hydrogen-bond donors (Lipinski definition) is 2. The SMILES string of the molecule is O=C(O)[C@H](Cc1cnc2ccccc2c1)NS(=O)(=O)c1ccc(C#Cc2ccc(F)cc2)s1. The molecule has 166 valence electrons. The van der Waals surface area contributed by atoms with E-state index in [0.717, 1.165) is 22.2 Å². The van der Waals surface area contributed by atoms with Crippen molar-refractivity contribution in [2.75, 3.05) is 0 Å². The first-order valence-corrected chi connectivity index (χ1v) is 12.1. The first-order chi connectivity index (χ1) is 15.8. The van der Waals surface area contributed by atoms with Crippen molar-refractivity contribution in [2.45, 2.75) is 16.7 Å². The molecule has 0 radical (unpaired) electrons. The number of aromatic nitrogens is 1. The predicted octanol–water partition coefficient (Wildman–Crippen LogP) is 3.81. The van der Waals surface area contributed by atoms with Gasteiger partial charge in [0.05, 0.1) is 10.4 Å². The third-order valence-corrected chi connectivity index (χ3v) is 7.67. The zero-order valence-corrected chi connectivity index (χ0v) is 18.7. The van der Waals surface area contributed by atoms with Gasteiger partial charge >= 0.3 is 5.97 Å². The quantitative estimate of drug-likeness (QED) is 0.409. The van der Waals surface area contributed by atoms with E-state index in [0.29, 0.717) is 16.0 Å². The highest BCUT2D eigenvalue weighted by molar-refractivity contribution is 7.91. The van der Waals surface area contributed by atoms with Crippen LogP contribution in [0, 0.1) is 17.7 Å². The van der Waals surface area contributed by atoms with Crippen molar-refractivity contribution in [1.82, 2.24) is 9.71 Å². The maximum Gasteiger partial charge on any atom is 0.322 e. The third-order valence-electron chi connectivity index (χ3n) is 4.70. The van der Waals surface area contributed by atoms with E-state index in [1.54, 1.807) is 18.3 Å². The van der Waals surface area contributed by atoms with Crippen molar-refractivity contribution in [3.05, 3.63) is 94.7 Å². The largest absolute Gasteiger partial charge is 0.480 e. The molecule has 2 heterocycles. The number of nitrogens with zero attached hydrogens (tertiary/aromatic N) is 1. The van der Waals surface area contributed by atoms with Crippen LogP contribution in [0.5, 0.6) is 0 Å². The number of pyridine rings is 1. The standard InChI is InChI=1S/C24H17FN2O4S2/c25-19-8-5-16(6-9-19)7-10-20-11-12-23(32-20)33(30,31)27-22(24(28)29)14-17-13-18-3-1-2-4-21(18)26-15-17/h1-6,8-9,11-13,15,22,27H,14H2,(H,28,29)/t22-/m0/s1. The first kappa shape index (κ1) is 22.6. The Balaban J connectivity index is 1.51. The summed E-state index contributed by atoms with van der Waals surface area (Å²) in [6, 6.07) is 16.3. The fourth-order valence-electron chi connectivity index (χ4n) is 3.09. The number of rotatable bonds is 6.